The summed E-state index contributed by atoms with van der Waals surface area (Å²) in [4.78, 5) is 25.4. The fourth-order valence-electron chi connectivity index (χ4n) is 3.10. The van der Waals surface area contributed by atoms with E-state index in [1.54, 1.807) is 78.6 Å². The zero-order valence-corrected chi connectivity index (χ0v) is 19.7. The number of halogens is 1. The van der Waals surface area contributed by atoms with Crippen LogP contribution in [0.4, 0.5) is 0 Å². The van der Waals surface area contributed by atoms with Crippen LogP contribution < -0.4 is 9.46 Å². The highest BCUT2D eigenvalue weighted by molar-refractivity contribution is 7.90. The second-order valence-corrected chi connectivity index (χ2v) is 9.52. The molecule has 0 bridgehead atoms. The van der Waals surface area contributed by atoms with E-state index in [1.165, 1.54) is 13.0 Å². The molecule has 0 aliphatic carbocycles. The Balaban J connectivity index is 1.80. The molecule has 1 N–H and O–H groups in total. The predicted molar refractivity (Wildman–Crippen MR) is 128 cm³/mol. The Labute approximate surface area is 197 Å². The summed E-state index contributed by atoms with van der Waals surface area (Å²) in [6.07, 6.45) is 5.25. The van der Waals surface area contributed by atoms with Gasteiger partial charge in [-0.1, -0.05) is 29.8 Å². The minimum atomic E-state index is -3.71. The molecule has 0 spiro atoms. The first-order valence-electron chi connectivity index (χ1n) is 10.1. The molecule has 0 atom stereocenters. The molecular weight excluding hydrogens is 464 g/mol. The molecule has 3 aromatic rings. The lowest BCUT2D eigenvalue weighted by atomic mass is 10.1. The summed E-state index contributed by atoms with van der Waals surface area (Å²) in [5.41, 5.74) is 1.68. The van der Waals surface area contributed by atoms with E-state index in [2.05, 4.69) is 0 Å². The number of rotatable bonds is 9. The lowest BCUT2D eigenvalue weighted by Gasteiger charge is -2.09. The number of nitrogens with one attached hydrogen (secondary N) is 1. The van der Waals surface area contributed by atoms with E-state index >= 15 is 0 Å². The molecule has 9 heteroatoms. The Morgan fingerprint density at radius 3 is 2.52 bits per heavy atom. The lowest BCUT2D eigenvalue weighted by Crippen LogP contribution is -2.32. The van der Waals surface area contributed by atoms with E-state index in [1.807, 2.05) is 4.72 Å². The molecule has 0 saturated heterocycles. The first-order chi connectivity index (χ1) is 15.7. The highest BCUT2D eigenvalue weighted by Crippen LogP contribution is 2.19. The van der Waals surface area contributed by atoms with Gasteiger partial charge in [0.15, 0.2) is 0 Å². The van der Waals surface area contributed by atoms with E-state index in [4.69, 9.17) is 16.3 Å². The molecule has 0 unspecified atom stereocenters. The van der Waals surface area contributed by atoms with Gasteiger partial charge in [-0.25, -0.2) is 13.1 Å². The second-order valence-electron chi connectivity index (χ2n) is 7.07. The quantitative estimate of drug-likeness (QED) is 0.458. The monoisotopic (exact) mass is 486 g/mol. The summed E-state index contributed by atoms with van der Waals surface area (Å²) in [7, 11) is -2.15. The van der Waals surface area contributed by atoms with Gasteiger partial charge in [0.2, 0.25) is 15.8 Å². The van der Waals surface area contributed by atoms with Gasteiger partial charge < -0.3 is 9.30 Å². The molecule has 7 nitrogen and oxygen atoms in total. The van der Waals surface area contributed by atoms with E-state index < -0.39 is 15.9 Å². The van der Waals surface area contributed by atoms with Crippen molar-refractivity contribution in [2.45, 2.75) is 13.5 Å². The van der Waals surface area contributed by atoms with Gasteiger partial charge in [-0.3, -0.25) is 9.59 Å². The number of carbonyl (C=O) groups is 2. The molecule has 1 amide bonds. The smallest absolute Gasteiger partial charge is 0.265 e. The number of ether oxygens (including phenoxy) is 1. The number of carbonyl (C=O) groups excluding carboxylic acids is 2. The average molecular weight is 487 g/mol. The molecule has 1 heterocycles. The number of nitrogens with zero attached hydrogens (tertiary/aromatic N) is 1. The zero-order chi connectivity index (χ0) is 24.0. The molecule has 0 saturated carbocycles. The number of hydrogen-bond donors (Lipinski definition) is 1. The number of benzene rings is 2. The topological polar surface area (TPSA) is 94.5 Å². The van der Waals surface area contributed by atoms with Gasteiger partial charge >= 0.3 is 0 Å². The van der Waals surface area contributed by atoms with Crippen LogP contribution in [0, 0.1) is 0 Å². The fourth-order valence-corrected chi connectivity index (χ4v) is 3.81. The summed E-state index contributed by atoms with van der Waals surface area (Å²) >= 11 is 6.01. The number of ketones is 1. The van der Waals surface area contributed by atoms with Gasteiger partial charge in [0.25, 0.3) is 5.91 Å². The summed E-state index contributed by atoms with van der Waals surface area (Å²) in [5.74, 6) is -0.439. The van der Waals surface area contributed by atoms with Crippen molar-refractivity contribution in [1.82, 2.24) is 9.29 Å². The minimum absolute atomic E-state index is 0.132. The number of sulfonamides is 1. The normalized spacial score (nSPS) is 11.5. The van der Waals surface area contributed by atoms with Gasteiger partial charge in [-0.05, 0) is 61.0 Å². The maximum absolute atomic E-state index is 12.9. The van der Waals surface area contributed by atoms with Crippen molar-refractivity contribution >= 4 is 39.4 Å². The highest BCUT2D eigenvalue weighted by Gasteiger charge is 2.17. The zero-order valence-electron chi connectivity index (χ0n) is 18.1. The summed E-state index contributed by atoms with van der Waals surface area (Å²) in [6.45, 7) is 1.80. The van der Waals surface area contributed by atoms with E-state index in [0.29, 0.717) is 34.1 Å². The van der Waals surface area contributed by atoms with Crippen LogP contribution in [0.25, 0.3) is 6.08 Å². The van der Waals surface area contributed by atoms with Crippen LogP contribution >= 0.6 is 11.6 Å². The van der Waals surface area contributed by atoms with Crippen LogP contribution in [0.5, 0.6) is 5.75 Å². The molecule has 3 rings (SSSR count). The van der Waals surface area contributed by atoms with Crippen molar-refractivity contribution in [3.63, 3.8) is 0 Å². The largest absolute Gasteiger partial charge is 0.497 e. The van der Waals surface area contributed by atoms with Crippen molar-refractivity contribution in [2.24, 2.45) is 0 Å². The van der Waals surface area contributed by atoms with E-state index in [0.717, 1.165) is 0 Å². The van der Waals surface area contributed by atoms with Gasteiger partial charge in [0.1, 0.15) is 5.75 Å². The van der Waals surface area contributed by atoms with Gasteiger partial charge in [-0.15, -0.1) is 0 Å². The van der Waals surface area contributed by atoms with Crippen molar-refractivity contribution in [3.05, 3.63) is 94.3 Å². The second kappa shape index (κ2) is 10.5. The van der Waals surface area contributed by atoms with Gasteiger partial charge in [0, 0.05) is 28.9 Å². The Morgan fingerprint density at radius 1 is 1.12 bits per heavy atom. The molecule has 0 aliphatic heterocycles. The Hall–Kier alpha value is -3.36. The van der Waals surface area contributed by atoms with Gasteiger partial charge in [-0.2, -0.15) is 0 Å². The van der Waals surface area contributed by atoms with Crippen LogP contribution in [0.15, 0.2) is 66.9 Å². The average Bonchev–Trinajstić information content (AvgIpc) is 3.27. The van der Waals surface area contributed by atoms with E-state index in [9.17, 15) is 18.0 Å². The van der Waals surface area contributed by atoms with Crippen molar-refractivity contribution in [2.75, 3.05) is 12.9 Å². The molecule has 0 aliphatic rings. The molecule has 0 fully saturated rings. The summed E-state index contributed by atoms with van der Waals surface area (Å²) in [6, 6.07) is 15.0. The predicted octanol–water partition coefficient (Wildman–Crippen LogP) is 4.17. The van der Waals surface area contributed by atoms with Crippen molar-refractivity contribution in [3.8, 4) is 5.75 Å². The molecule has 2 aromatic carbocycles. The Morgan fingerprint density at radius 2 is 1.85 bits per heavy atom. The Kier molecular flexibility index (Phi) is 7.73. The number of aromatic nitrogens is 1. The number of allylic oxidation sites excluding steroid dienone is 1. The third-order valence-electron chi connectivity index (χ3n) is 4.90. The standard InChI is InChI=1S/C24H23ClN2O5S/c1-3-33(30,31)26-24(29)21-16-19(25)11-8-17(21)6-4-14-27-15-5-7-22(27)23(28)18-9-12-20(32-2)13-10-18/h4-13,15-16H,3,14H2,1-2H3,(H,26,29)/b6-4+. The fraction of sp³-hybridized carbons (Fsp3) is 0.167. The molecule has 0 radical (unpaired) electrons. The molecule has 1 aromatic heterocycles. The first kappa shape index (κ1) is 24.3. The minimum Gasteiger partial charge on any atom is -0.497 e. The number of methoxy groups -OCH3 is 1. The third kappa shape index (κ3) is 6.12. The Bertz CT molecular complexity index is 1290. The van der Waals surface area contributed by atoms with Crippen LogP contribution in [0.3, 0.4) is 0 Å². The number of amides is 1. The maximum Gasteiger partial charge on any atom is 0.265 e. The third-order valence-corrected chi connectivity index (χ3v) is 6.39. The highest BCUT2D eigenvalue weighted by atomic mass is 35.5. The van der Waals surface area contributed by atoms with E-state index in [-0.39, 0.29) is 17.1 Å². The van der Waals surface area contributed by atoms with Crippen LogP contribution in [0.2, 0.25) is 5.02 Å². The molecule has 33 heavy (non-hydrogen) atoms. The SMILES string of the molecule is CCS(=O)(=O)NC(=O)c1cc(Cl)ccc1/C=C/Cn1cccc1C(=O)c1ccc(OC)cc1. The van der Waals surface area contributed by atoms with Crippen molar-refractivity contribution < 1.29 is 22.7 Å². The lowest BCUT2D eigenvalue weighted by molar-refractivity contribution is 0.0980. The van der Waals surface area contributed by atoms with Crippen LogP contribution in [-0.2, 0) is 16.6 Å². The summed E-state index contributed by atoms with van der Waals surface area (Å²) < 4.78 is 32.5. The van der Waals surface area contributed by atoms with Crippen LogP contribution in [0.1, 0.15) is 38.9 Å². The maximum atomic E-state index is 12.9. The van der Waals surface area contributed by atoms with Crippen molar-refractivity contribution in [1.29, 1.82) is 0 Å². The number of hydrogen-bond acceptors (Lipinski definition) is 5. The summed E-state index contributed by atoms with van der Waals surface area (Å²) in [5, 5.41) is 0.309. The molecular formula is C24H23ClN2O5S. The van der Waals surface area contributed by atoms with Gasteiger partial charge in [0.05, 0.1) is 18.6 Å². The first-order valence-corrected chi connectivity index (χ1v) is 12.1. The van der Waals surface area contributed by atoms with Crippen LogP contribution in [-0.4, -0.2) is 37.5 Å². The molecule has 172 valence electrons.